The van der Waals surface area contributed by atoms with Gasteiger partial charge in [-0.1, -0.05) is 49.6 Å². The first-order valence-corrected chi connectivity index (χ1v) is 9.47. The smallest absolute Gasteiger partial charge is 0.252 e. The number of halogens is 1. The van der Waals surface area contributed by atoms with E-state index in [1.54, 1.807) is 0 Å². The van der Waals surface area contributed by atoms with E-state index in [4.69, 9.17) is 0 Å². The number of hydrogen-bond acceptors (Lipinski definition) is 2. The highest BCUT2D eigenvalue weighted by Crippen LogP contribution is 2.22. The highest BCUT2D eigenvalue weighted by Gasteiger charge is 2.27. The Balaban J connectivity index is 1.82. The van der Waals surface area contributed by atoms with E-state index in [2.05, 4.69) is 10.6 Å². The fourth-order valence-electron chi connectivity index (χ4n) is 3.57. The van der Waals surface area contributed by atoms with Crippen LogP contribution in [0, 0.1) is 12.7 Å². The van der Waals surface area contributed by atoms with Crippen molar-refractivity contribution in [3.63, 3.8) is 0 Å². The Morgan fingerprint density at radius 1 is 1.04 bits per heavy atom. The normalized spacial score (nSPS) is 15.8. The van der Waals surface area contributed by atoms with Gasteiger partial charge < -0.3 is 10.6 Å². The van der Waals surface area contributed by atoms with Crippen LogP contribution in [0.3, 0.4) is 0 Å². The first kappa shape index (κ1) is 19.1. The minimum atomic E-state index is -0.816. The molecule has 0 radical (unpaired) electrons. The molecule has 2 aromatic carbocycles. The van der Waals surface area contributed by atoms with Gasteiger partial charge in [-0.3, -0.25) is 9.59 Å². The summed E-state index contributed by atoms with van der Waals surface area (Å²) < 4.78 is 13.5. The highest BCUT2D eigenvalue weighted by molar-refractivity contribution is 5.98. The molecule has 1 saturated carbocycles. The molecule has 4 nitrogen and oxygen atoms in total. The monoisotopic (exact) mass is 368 g/mol. The van der Waals surface area contributed by atoms with Crippen molar-refractivity contribution in [1.82, 2.24) is 10.6 Å². The lowest BCUT2D eigenvalue weighted by Crippen LogP contribution is -2.45. The third-order valence-electron chi connectivity index (χ3n) is 5.08. The molecule has 1 atom stereocenters. The van der Waals surface area contributed by atoms with Gasteiger partial charge in [-0.25, -0.2) is 4.39 Å². The van der Waals surface area contributed by atoms with Gasteiger partial charge in [0.1, 0.15) is 11.9 Å². The third kappa shape index (κ3) is 4.94. The van der Waals surface area contributed by atoms with Gasteiger partial charge in [0.2, 0.25) is 5.91 Å². The summed E-state index contributed by atoms with van der Waals surface area (Å²) in [5.41, 5.74) is 1.86. The molecule has 142 valence electrons. The maximum Gasteiger partial charge on any atom is 0.252 e. The predicted molar refractivity (Wildman–Crippen MR) is 103 cm³/mol. The van der Waals surface area contributed by atoms with E-state index in [9.17, 15) is 14.0 Å². The molecule has 27 heavy (non-hydrogen) atoms. The maximum absolute atomic E-state index is 13.5. The minimum absolute atomic E-state index is 0.142. The second kappa shape index (κ2) is 8.80. The van der Waals surface area contributed by atoms with Crippen molar-refractivity contribution in [3.05, 3.63) is 71.0 Å². The van der Waals surface area contributed by atoms with Crippen molar-refractivity contribution in [1.29, 1.82) is 0 Å². The number of nitrogens with one attached hydrogen (secondary N) is 2. The first-order chi connectivity index (χ1) is 13.0. The zero-order chi connectivity index (χ0) is 19.2. The molecule has 2 aromatic rings. The lowest BCUT2D eigenvalue weighted by molar-refractivity contribution is -0.124. The molecule has 0 aliphatic heterocycles. The van der Waals surface area contributed by atoms with Crippen LogP contribution in [0.15, 0.2) is 48.5 Å². The van der Waals surface area contributed by atoms with E-state index < -0.39 is 17.8 Å². The second-order valence-electron chi connectivity index (χ2n) is 7.12. The van der Waals surface area contributed by atoms with Crippen LogP contribution in [0.4, 0.5) is 4.39 Å². The molecule has 1 aliphatic rings. The Kier molecular flexibility index (Phi) is 6.22. The van der Waals surface area contributed by atoms with Crippen LogP contribution in [-0.2, 0) is 4.79 Å². The molecular weight excluding hydrogens is 343 g/mol. The third-order valence-corrected chi connectivity index (χ3v) is 5.08. The summed E-state index contributed by atoms with van der Waals surface area (Å²) in [7, 11) is 0. The zero-order valence-electron chi connectivity index (χ0n) is 15.5. The molecule has 3 rings (SSSR count). The summed E-state index contributed by atoms with van der Waals surface area (Å²) >= 11 is 0. The average molecular weight is 368 g/mol. The Morgan fingerprint density at radius 3 is 2.48 bits per heavy atom. The standard InChI is InChI=1S/C22H25FN2O2/c1-15-8-5-6-13-19(15)20(22(27)24-18-11-3-2-4-12-18)25-21(26)16-9-7-10-17(23)14-16/h5-10,13-14,18,20H,2-4,11-12H2,1H3,(H,24,27)(H,25,26). The Morgan fingerprint density at radius 2 is 1.78 bits per heavy atom. The maximum atomic E-state index is 13.5. The van der Waals surface area contributed by atoms with Crippen molar-refractivity contribution in [2.24, 2.45) is 0 Å². The molecule has 5 heteroatoms. The predicted octanol–water partition coefficient (Wildman–Crippen LogP) is 4.05. The fraction of sp³-hybridized carbons (Fsp3) is 0.364. The molecule has 1 aliphatic carbocycles. The number of rotatable bonds is 5. The number of aryl methyl sites for hydroxylation is 1. The molecule has 0 saturated heterocycles. The summed E-state index contributed by atoms with van der Waals surface area (Å²) in [5.74, 6) is -1.18. The molecule has 2 N–H and O–H groups in total. The molecule has 2 amide bonds. The summed E-state index contributed by atoms with van der Waals surface area (Å²) in [4.78, 5) is 25.6. The van der Waals surface area contributed by atoms with Crippen LogP contribution >= 0.6 is 0 Å². The Labute approximate surface area is 159 Å². The average Bonchev–Trinajstić information content (AvgIpc) is 2.67. The van der Waals surface area contributed by atoms with Gasteiger partial charge in [0.25, 0.3) is 5.91 Å². The van der Waals surface area contributed by atoms with Crippen molar-refractivity contribution in [2.75, 3.05) is 0 Å². The van der Waals surface area contributed by atoms with E-state index >= 15 is 0 Å². The Hall–Kier alpha value is -2.69. The van der Waals surface area contributed by atoms with Crippen LogP contribution in [0.5, 0.6) is 0 Å². The zero-order valence-corrected chi connectivity index (χ0v) is 15.5. The lowest BCUT2D eigenvalue weighted by Gasteiger charge is -2.27. The van der Waals surface area contributed by atoms with Gasteiger partial charge in [0, 0.05) is 11.6 Å². The number of benzene rings is 2. The number of carbonyl (C=O) groups is 2. The molecule has 0 heterocycles. The van der Waals surface area contributed by atoms with Gasteiger partial charge >= 0.3 is 0 Å². The van der Waals surface area contributed by atoms with Crippen molar-refractivity contribution >= 4 is 11.8 Å². The van der Waals surface area contributed by atoms with Crippen molar-refractivity contribution in [2.45, 2.75) is 51.1 Å². The SMILES string of the molecule is Cc1ccccc1C(NC(=O)c1cccc(F)c1)C(=O)NC1CCCCC1. The Bertz CT molecular complexity index is 815. The molecule has 0 spiro atoms. The van der Waals surface area contributed by atoms with Crippen molar-refractivity contribution in [3.8, 4) is 0 Å². The summed E-state index contributed by atoms with van der Waals surface area (Å²) in [6, 6.07) is 12.3. The molecule has 1 unspecified atom stereocenters. The quantitative estimate of drug-likeness (QED) is 0.836. The first-order valence-electron chi connectivity index (χ1n) is 9.47. The van der Waals surface area contributed by atoms with E-state index in [0.29, 0.717) is 0 Å². The minimum Gasteiger partial charge on any atom is -0.351 e. The van der Waals surface area contributed by atoms with Crippen LogP contribution in [-0.4, -0.2) is 17.9 Å². The fourth-order valence-corrected chi connectivity index (χ4v) is 3.57. The van der Waals surface area contributed by atoms with E-state index in [1.165, 1.54) is 30.7 Å². The summed E-state index contributed by atoms with van der Waals surface area (Å²) in [5, 5.41) is 5.87. The summed E-state index contributed by atoms with van der Waals surface area (Å²) in [6.45, 7) is 1.91. The highest BCUT2D eigenvalue weighted by atomic mass is 19.1. The second-order valence-corrected chi connectivity index (χ2v) is 7.12. The van der Waals surface area contributed by atoms with Gasteiger partial charge in [0.05, 0.1) is 0 Å². The van der Waals surface area contributed by atoms with Gasteiger partial charge in [-0.2, -0.15) is 0 Å². The van der Waals surface area contributed by atoms with Crippen LogP contribution in [0.1, 0.15) is 59.6 Å². The van der Waals surface area contributed by atoms with Crippen molar-refractivity contribution < 1.29 is 14.0 Å². The molecule has 0 aromatic heterocycles. The molecule has 0 bridgehead atoms. The molecule has 1 fully saturated rings. The summed E-state index contributed by atoms with van der Waals surface area (Å²) in [6.07, 6.45) is 5.34. The van der Waals surface area contributed by atoms with E-state index in [0.717, 1.165) is 36.8 Å². The van der Waals surface area contributed by atoms with Gasteiger partial charge in [-0.15, -0.1) is 0 Å². The van der Waals surface area contributed by atoms with Crippen LogP contribution in [0.25, 0.3) is 0 Å². The van der Waals surface area contributed by atoms with Gasteiger partial charge in [0.15, 0.2) is 0 Å². The van der Waals surface area contributed by atoms with Gasteiger partial charge in [-0.05, 0) is 49.1 Å². The van der Waals surface area contributed by atoms with E-state index in [1.807, 2.05) is 31.2 Å². The number of amides is 2. The number of carbonyl (C=O) groups excluding carboxylic acids is 2. The van der Waals surface area contributed by atoms with Crippen LogP contribution < -0.4 is 10.6 Å². The largest absolute Gasteiger partial charge is 0.351 e. The number of hydrogen-bond donors (Lipinski definition) is 2. The van der Waals surface area contributed by atoms with Crippen LogP contribution in [0.2, 0.25) is 0 Å². The van der Waals surface area contributed by atoms with E-state index in [-0.39, 0.29) is 17.5 Å². The topological polar surface area (TPSA) is 58.2 Å². The molecular formula is C22H25FN2O2. The lowest BCUT2D eigenvalue weighted by atomic mass is 9.94.